The fourth-order valence-electron chi connectivity index (χ4n) is 8.87. The number of phosphoric acid groups is 1. The number of quaternary nitrogens is 1. The van der Waals surface area contributed by atoms with Crippen LogP contribution in [0.3, 0.4) is 0 Å². The predicted molar refractivity (Wildman–Crippen MR) is 298 cm³/mol. The van der Waals surface area contributed by atoms with E-state index in [0.29, 0.717) is 17.4 Å². The van der Waals surface area contributed by atoms with E-state index >= 15 is 0 Å². The maximum absolute atomic E-state index is 12.9. The molecule has 0 aromatic rings. The Morgan fingerprint density at radius 2 is 0.812 bits per heavy atom. The summed E-state index contributed by atoms with van der Waals surface area (Å²) >= 11 is 0. The third-order valence-corrected chi connectivity index (χ3v) is 14.5. The van der Waals surface area contributed by atoms with Crippen molar-refractivity contribution in [3.8, 4) is 0 Å². The van der Waals surface area contributed by atoms with Crippen molar-refractivity contribution >= 4 is 13.7 Å². The zero-order valence-electron chi connectivity index (χ0n) is 46.5. The molecule has 2 N–H and O–H groups in total. The molecule has 0 aromatic carbocycles. The molecule has 0 aliphatic rings. The summed E-state index contributed by atoms with van der Waals surface area (Å²) in [6, 6.07) is -0.901. The number of amides is 1. The van der Waals surface area contributed by atoms with E-state index in [-0.39, 0.29) is 19.1 Å². The van der Waals surface area contributed by atoms with E-state index in [1.54, 1.807) is 6.08 Å². The Balaban J connectivity index is 4.01. The van der Waals surface area contributed by atoms with E-state index in [1.807, 2.05) is 27.2 Å². The Hall–Kier alpha value is -1.28. The van der Waals surface area contributed by atoms with E-state index in [0.717, 1.165) is 38.5 Å². The summed E-state index contributed by atoms with van der Waals surface area (Å²) in [6.45, 7) is 4.65. The molecule has 8 nitrogen and oxygen atoms in total. The van der Waals surface area contributed by atoms with Crippen molar-refractivity contribution in [2.75, 3.05) is 40.9 Å². The molecule has 0 saturated carbocycles. The SMILES string of the molecule is CCCCCCCCCC/C=C\CCCCCCCCCCCCCCCCCCCCCCCC(=O)NC(COP(=O)([O-])OCC[N+](C)(C)C)C(O)/C=C/CC/C=C/CCCCCCCCCC. The number of likely N-dealkylation sites (N-methyl/N-ethyl adjacent to an activating group) is 1. The van der Waals surface area contributed by atoms with E-state index in [4.69, 9.17) is 9.05 Å². The van der Waals surface area contributed by atoms with Gasteiger partial charge in [0.2, 0.25) is 5.91 Å². The average Bonchev–Trinajstić information content (AvgIpc) is 3.31. The van der Waals surface area contributed by atoms with Gasteiger partial charge in [-0.05, 0) is 57.8 Å². The Labute approximate surface area is 429 Å². The number of unbranched alkanes of at least 4 members (excludes halogenated alkanes) is 38. The Kier molecular flexibility index (Phi) is 50.7. The number of aliphatic hydroxyl groups excluding tert-OH is 1. The number of carbonyl (C=O) groups excluding carboxylic acids is 1. The fraction of sp³-hybridized carbons (Fsp3) is 0.883. The van der Waals surface area contributed by atoms with Gasteiger partial charge >= 0.3 is 0 Å². The lowest BCUT2D eigenvalue weighted by atomic mass is 10.0. The molecule has 3 atom stereocenters. The Morgan fingerprint density at radius 1 is 0.493 bits per heavy atom. The number of allylic oxidation sites excluding steroid dienone is 5. The van der Waals surface area contributed by atoms with E-state index in [9.17, 15) is 19.4 Å². The lowest BCUT2D eigenvalue weighted by molar-refractivity contribution is -0.870. The molecule has 0 spiro atoms. The topological polar surface area (TPSA) is 108 Å². The minimum absolute atomic E-state index is 0.00486. The van der Waals surface area contributed by atoms with Crippen LogP contribution in [-0.2, 0) is 18.4 Å². The number of nitrogens with zero attached hydrogens (tertiary/aromatic N) is 1. The molecule has 0 saturated heterocycles. The first-order chi connectivity index (χ1) is 33.5. The Morgan fingerprint density at radius 3 is 1.17 bits per heavy atom. The molecule has 0 aliphatic heterocycles. The van der Waals surface area contributed by atoms with Crippen molar-refractivity contribution in [2.45, 2.75) is 302 Å². The van der Waals surface area contributed by atoms with Gasteiger partial charge in [0.15, 0.2) is 0 Å². The van der Waals surface area contributed by atoms with Gasteiger partial charge in [0, 0.05) is 6.42 Å². The van der Waals surface area contributed by atoms with Crippen molar-refractivity contribution in [2.24, 2.45) is 0 Å². The normalized spacial score (nSPS) is 14.1. The summed E-state index contributed by atoms with van der Waals surface area (Å²) in [6.07, 6.45) is 66.8. The molecule has 9 heteroatoms. The highest BCUT2D eigenvalue weighted by atomic mass is 31.2. The molecule has 69 heavy (non-hydrogen) atoms. The van der Waals surface area contributed by atoms with Crippen LogP contribution >= 0.6 is 7.82 Å². The largest absolute Gasteiger partial charge is 0.756 e. The molecule has 0 aliphatic carbocycles. The van der Waals surface area contributed by atoms with Crippen LogP contribution in [0.4, 0.5) is 0 Å². The van der Waals surface area contributed by atoms with Gasteiger partial charge in [-0.25, -0.2) is 0 Å². The highest BCUT2D eigenvalue weighted by Crippen LogP contribution is 2.38. The minimum Gasteiger partial charge on any atom is -0.756 e. The van der Waals surface area contributed by atoms with Gasteiger partial charge < -0.3 is 28.8 Å². The second kappa shape index (κ2) is 51.6. The second-order valence-corrected chi connectivity index (χ2v) is 23.1. The van der Waals surface area contributed by atoms with Gasteiger partial charge in [0.25, 0.3) is 7.82 Å². The number of rotatable bonds is 55. The number of carbonyl (C=O) groups is 1. The highest BCUT2D eigenvalue weighted by molar-refractivity contribution is 7.45. The number of hydrogen-bond donors (Lipinski definition) is 2. The number of aliphatic hydroxyl groups is 1. The summed E-state index contributed by atoms with van der Waals surface area (Å²) in [5, 5.41) is 13.8. The van der Waals surface area contributed by atoms with Crippen molar-refractivity contribution in [3.63, 3.8) is 0 Å². The number of phosphoric ester groups is 1. The van der Waals surface area contributed by atoms with E-state index in [2.05, 4.69) is 43.5 Å². The molecular weight excluding hydrogens is 876 g/mol. The maximum atomic E-state index is 12.9. The number of nitrogens with one attached hydrogen (secondary N) is 1. The molecule has 0 rings (SSSR count). The maximum Gasteiger partial charge on any atom is 0.268 e. The third-order valence-electron chi connectivity index (χ3n) is 13.6. The first-order valence-electron chi connectivity index (χ1n) is 29.9. The van der Waals surface area contributed by atoms with Crippen LogP contribution in [0, 0.1) is 0 Å². The van der Waals surface area contributed by atoms with Crippen LogP contribution in [0.15, 0.2) is 36.5 Å². The van der Waals surface area contributed by atoms with Crippen molar-refractivity contribution < 1.29 is 32.9 Å². The van der Waals surface area contributed by atoms with E-state index < -0.39 is 20.0 Å². The first-order valence-corrected chi connectivity index (χ1v) is 31.3. The highest BCUT2D eigenvalue weighted by Gasteiger charge is 2.23. The van der Waals surface area contributed by atoms with Crippen LogP contribution in [0.2, 0.25) is 0 Å². The van der Waals surface area contributed by atoms with Crippen molar-refractivity contribution in [1.82, 2.24) is 5.32 Å². The van der Waals surface area contributed by atoms with Gasteiger partial charge in [0.1, 0.15) is 13.2 Å². The molecule has 0 radical (unpaired) electrons. The molecule has 408 valence electrons. The summed E-state index contributed by atoms with van der Waals surface area (Å²) in [5.41, 5.74) is 0. The molecule has 0 bridgehead atoms. The van der Waals surface area contributed by atoms with Crippen LogP contribution in [0.25, 0.3) is 0 Å². The molecule has 1 amide bonds. The minimum atomic E-state index is -4.60. The van der Waals surface area contributed by atoms with Crippen molar-refractivity contribution in [3.05, 3.63) is 36.5 Å². The first kappa shape index (κ1) is 67.7. The zero-order chi connectivity index (χ0) is 50.6. The second-order valence-electron chi connectivity index (χ2n) is 21.7. The summed E-state index contributed by atoms with van der Waals surface area (Å²) in [7, 11) is 1.25. The van der Waals surface area contributed by atoms with Gasteiger partial charge in [-0.3, -0.25) is 9.36 Å². The van der Waals surface area contributed by atoms with Gasteiger partial charge in [-0.2, -0.15) is 0 Å². The fourth-order valence-corrected chi connectivity index (χ4v) is 9.60. The molecule has 3 unspecified atom stereocenters. The average molecular weight is 994 g/mol. The van der Waals surface area contributed by atoms with Crippen LogP contribution < -0.4 is 10.2 Å². The van der Waals surface area contributed by atoms with Crippen LogP contribution in [-0.4, -0.2) is 68.5 Å². The van der Waals surface area contributed by atoms with E-state index in [1.165, 1.54) is 231 Å². The van der Waals surface area contributed by atoms with Gasteiger partial charge in [-0.15, -0.1) is 0 Å². The van der Waals surface area contributed by atoms with Crippen LogP contribution in [0.1, 0.15) is 290 Å². The van der Waals surface area contributed by atoms with Gasteiger partial charge in [0.05, 0.1) is 39.9 Å². The third kappa shape index (κ3) is 54.3. The Bertz CT molecular complexity index is 1220. The summed E-state index contributed by atoms with van der Waals surface area (Å²) < 4.78 is 23.3. The summed E-state index contributed by atoms with van der Waals surface area (Å²) in [5.74, 6) is -0.203. The zero-order valence-corrected chi connectivity index (χ0v) is 47.4. The molecule has 0 aromatic heterocycles. The van der Waals surface area contributed by atoms with Crippen molar-refractivity contribution in [1.29, 1.82) is 0 Å². The molecule has 0 fully saturated rings. The lowest BCUT2D eigenvalue weighted by Gasteiger charge is -2.29. The predicted octanol–water partition coefficient (Wildman–Crippen LogP) is 17.5. The van der Waals surface area contributed by atoms with Gasteiger partial charge in [-0.1, -0.05) is 262 Å². The van der Waals surface area contributed by atoms with Crippen LogP contribution in [0.5, 0.6) is 0 Å². The standard InChI is InChI=1S/C60H117N2O6P/c1-6-8-10-12-14-16-18-20-22-23-24-25-26-27-28-29-30-31-32-33-34-35-36-37-38-39-40-42-44-46-48-50-52-54-60(64)61-58(57-68-69(65,66)67-56-55-62(3,4)5)59(63)53-51-49-47-45-43-41-21-19-17-15-13-11-9-7-2/h23-24,43,45,51,53,58-59,63H,6-22,25-42,44,46-50,52,54-57H2,1-5H3,(H-,61,64,65,66)/b24-23-,45-43+,53-51+. The number of hydrogen-bond acceptors (Lipinski definition) is 6. The molecular formula is C60H117N2O6P. The molecule has 0 heterocycles. The smallest absolute Gasteiger partial charge is 0.268 e. The lowest BCUT2D eigenvalue weighted by Crippen LogP contribution is -2.45. The summed E-state index contributed by atoms with van der Waals surface area (Å²) in [4.78, 5) is 25.4. The quantitative estimate of drug-likeness (QED) is 0.0272. The monoisotopic (exact) mass is 993 g/mol.